The third-order valence-electron chi connectivity index (χ3n) is 2.77. The predicted octanol–water partition coefficient (Wildman–Crippen LogP) is 2.63. The highest BCUT2D eigenvalue weighted by molar-refractivity contribution is 6.01. The zero-order chi connectivity index (χ0) is 12.1. The molecule has 0 aromatic rings. The number of nitrogens with one attached hydrogen (secondary N) is 1. The Morgan fingerprint density at radius 1 is 1.69 bits per heavy atom. The van der Waals surface area contributed by atoms with Gasteiger partial charge in [0.2, 0.25) is 0 Å². The number of hydrazone groups is 1. The SMILES string of the molecule is C=C(C)[C@@H]1CC=C(C)/C(=N/NC(=O)OC)C1. The molecule has 1 aliphatic rings. The van der Waals surface area contributed by atoms with E-state index in [0.29, 0.717) is 5.92 Å². The number of hydrogen-bond acceptors (Lipinski definition) is 3. The maximum Gasteiger partial charge on any atom is 0.427 e. The Kier molecular flexibility index (Phi) is 4.28. The van der Waals surface area contributed by atoms with Crippen LogP contribution in [0.5, 0.6) is 0 Å². The molecule has 1 N–H and O–H groups in total. The molecule has 1 aliphatic carbocycles. The average molecular weight is 222 g/mol. The van der Waals surface area contributed by atoms with Crippen LogP contribution in [0.3, 0.4) is 0 Å². The van der Waals surface area contributed by atoms with Crippen molar-refractivity contribution >= 4 is 11.8 Å². The van der Waals surface area contributed by atoms with Crippen LogP contribution in [0.2, 0.25) is 0 Å². The standard InChI is InChI=1S/C12H18N2O2/c1-8(2)10-6-5-9(3)11(7-10)13-14-12(15)16-4/h5,10H,1,6-7H2,2-4H3,(H,14,15)/b13-11+/t10-/m1/s1. The molecule has 4 heteroatoms. The van der Waals surface area contributed by atoms with Gasteiger partial charge in [0.15, 0.2) is 0 Å². The van der Waals surface area contributed by atoms with E-state index >= 15 is 0 Å². The molecule has 0 radical (unpaired) electrons. The summed E-state index contributed by atoms with van der Waals surface area (Å²) >= 11 is 0. The second-order valence-electron chi connectivity index (χ2n) is 4.03. The first kappa shape index (κ1) is 12.5. The molecule has 0 unspecified atom stereocenters. The Morgan fingerprint density at radius 3 is 2.94 bits per heavy atom. The number of allylic oxidation sites excluding steroid dienone is 3. The van der Waals surface area contributed by atoms with E-state index in [0.717, 1.165) is 29.7 Å². The zero-order valence-electron chi connectivity index (χ0n) is 10.0. The number of carbonyl (C=O) groups excluding carboxylic acids is 1. The molecular formula is C12H18N2O2. The van der Waals surface area contributed by atoms with Crippen molar-refractivity contribution in [2.24, 2.45) is 11.0 Å². The Balaban J connectivity index is 2.71. The van der Waals surface area contributed by atoms with Gasteiger partial charge in [-0.2, -0.15) is 5.10 Å². The predicted molar refractivity (Wildman–Crippen MR) is 64.3 cm³/mol. The summed E-state index contributed by atoms with van der Waals surface area (Å²) in [5, 5.41) is 4.05. The molecule has 0 saturated carbocycles. The van der Waals surface area contributed by atoms with Gasteiger partial charge in [-0.25, -0.2) is 10.2 Å². The molecule has 0 aromatic heterocycles. The van der Waals surface area contributed by atoms with Crippen molar-refractivity contribution in [1.82, 2.24) is 5.43 Å². The van der Waals surface area contributed by atoms with Crippen molar-refractivity contribution in [3.8, 4) is 0 Å². The molecule has 0 bridgehead atoms. The highest BCUT2D eigenvalue weighted by atomic mass is 16.5. The fraction of sp³-hybridized carbons (Fsp3) is 0.500. The summed E-state index contributed by atoms with van der Waals surface area (Å²) in [5.41, 5.74) is 5.49. The van der Waals surface area contributed by atoms with Crippen molar-refractivity contribution < 1.29 is 9.53 Å². The van der Waals surface area contributed by atoms with Gasteiger partial charge in [0, 0.05) is 0 Å². The lowest BCUT2D eigenvalue weighted by Crippen LogP contribution is -2.22. The van der Waals surface area contributed by atoms with Crippen LogP contribution in [0.1, 0.15) is 26.7 Å². The van der Waals surface area contributed by atoms with Gasteiger partial charge in [0.25, 0.3) is 0 Å². The number of hydrogen-bond donors (Lipinski definition) is 1. The first-order valence-electron chi connectivity index (χ1n) is 5.27. The van der Waals surface area contributed by atoms with Crippen LogP contribution in [0.15, 0.2) is 28.9 Å². The van der Waals surface area contributed by atoms with Gasteiger partial charge < -0.3 is 4.74 Å². The minimum atomic E-state index is -0.544. The quantitative estimate of drug-likeness (QED) is 0.576. The molecule has 0 spiro atoms. The lowest BCUT2D eigenvalue weighted by Gasteiger charge is -2.22. The summed E-state index contributed by atoms with van der Waals surface area (Å²) in [4.78, 5) is 10.9. The van der Waals surface area contributed by atoms with E-state index in [1.807, 2.05) is 13.8 Å². The van der Waals surface area contributed by atoms with Gasteiger partial charge >= 0.3 is 6.09 Å². The summed E-state index contributed by atoms with van der Waals surface area (Å²) in [7, 11) is 1.32. The van der Waals surface area contributed by atoms with Crippen LogP contribution in [-0.4, -0.2) is 18.9 Å². The highest BCUT2D eigenvalue weighted by Gasteiger charge is 2.18. The fourth-order valence-electron chi connectivity index (χ4n) is 1.58. The third kappa shape index (κ3) is 3.22. The van der Waals surface area contributed by atoms with Crippen LogP contribution >= 0.6 is 0 Å². The summed E-state index contributed by atoms with van der Waals surface area (Å²) in [6.07, 6.45) is 3.40. The largest absolute Gasteiger partial charge is 0.452 e. The Morgan fingerprint density at radius 2 is 2.38 bits per heavy atom. The van der Waals surface area contributed by atoms with Crippen molar-refractivity contribution in [3.63, 3.8) is 0 Å². The number of amides is 1. The van der Waals surface area contributed by atoms with Gasteiger partial charge in [-0.15, -0.1) is 0 Å². The lowest BCUT2D eigenvalue weighted by atomic mass is 9.85. The van der Waals surface area contributed by atoms with Gasteiger partial charge in [0.05, 0.1) is 12.8 Å². The Labute approximate surface area is 96.1 Å². The smallest absolute Gasteiger partial charge is 0.427 e. The molecule has 0 saturated heterocycles. The number of methoxy groups -OCH3 is 1. The first-order valence-corrected chi connectivity index (χ1v) is 5.27. The van der Waals surface area contributed by atoms with E-state index in [9.17, 15) is 4.79 Å². The third-order valence-corrected chi connectivity index (χ3v) is 2.77. The van der Waals surface area contributed by atoms with Crippen molar-refractivity contribution in [2.45, 2.75) is 26.7 Å². The summed E-state index contributed by atoms with van der Waals surface area (Å²) in [5.74, 6) is 0.418. The van der Waals surface area contributed by atoms with E-state index in [1.165, 1.54) is 7.11 Å². The molecule has 0 aromatic carbocycles. The van der Waals surface area contributed by atoms with E-state index in [4.69, 9.17) is 0 Å². The van der Waals surface area contributed by atoms with Crippen LogP contribution in [0.25, 0.3) is 0 Å². The van der Waals surface area contributed by atoms with Gasteiger partial charge in [-0.1, -0.05) is 18.2 Å². The lowest BCUT2D eigenvalue weighted by molar-refractivity contribution is 0.171. The van der Waals surface area contributed by atoms with Crippen LogP contribution in [0, 0.1) is 5.92 Å². The van der Waals surface area contributed by atoms with Gasteiger partial charge in [-0.05, 0) is 38.2 Å². The van der Waals surface area contributed by atoms with Crippen LogP contribution in [-0.2, 0) is 4.74 Å². The van der Waals surface area contributed by atoms with Crippen molar-refractivity contribution in [3.05, 3.63) is 23.8 Å². The summed E-state index contributed by atoms with van der Waals surface area (Å²) in [6, 6.07) is 0. The molecular weight excluding hydrogens is 204 g/mol. The Hall–Kier alpha value is -1.58. The second kappa shape index (κ2) is 5.49. The first-order chi connectivity index (χ1) is 7.54. The summed E-state index contributed by atoms with van der Waals surface area (Å²) in [6.45, 7) is 7.96. The normalized spacial score (nSPS) is 22.6. The second-order valence-corrected chi connectivity index (χ2v) is 4.03. The van der Waals surface area contributed by atoms with Crippen LogP contribution < -0.4 is 5.43 Å². The van der Waals surface area contributed by atoms with E-state index in [2.05, 4.69) is 27.9 Å². The molecule has 0 aliphatic heterocycles. The average Bonchev–Trinajstić information content (AvgIpc) is 2.27. The maximum atomic E-state index is 10.9. The van der Waals surface area contributed by atoms with Crippen molar-refractivity contribution in [2.75, 3.05) is 7.11 Å². The van der Waals surface area contributed by atoms with E-state index < -0.39 is 6.09 Å². The number of nitrogens with zero attached hydrogens (tertiary/aromatic N) is 1. The minimum absolute atomic E-state index is 0.418. The monoisotopic (exact) mass is 222 g/mol. The van der Waals surface area contributed by atoms with E-state index in [1.54, 1.807) is 0 Å². The maximum absolute atomic E-state index is 10.9. The van der Waals surface area contributed by atoms with Crippen molar-refractivity contribution in [1.29, 1.82) is 0 Å². The molecule has 4 nitrogen and oxygen atoms in total. The molecule has 1 amide bonds. The summed E-state index contributed by atoms with van der Waals surface area (Å²) < 4.78 is 4.46. The Bertz CT molecular complexity index is 356. The molecule has 0 heterocycles. The molecule has 1 atom stereocenters. The van der Waals surface area contributed by atoms with Gasteiger partial charge in [0.1, 0.15) is 0 Å². The van der Waals surface area contributed by atoms with E-state index in [-0.39, 0.29) is 0 Å². The number of rotatable bonds is 2. The van der Waals surface area contributed by atoms with Gasteiger partial charge in [-0.3, -0.25) is 0 Å². The minimum Gasteiger partial charge on any atom is -0.452 e. The fourth-order valence-corrected chi connectivity index (χ4v) is 1.58. The topological polar surface area (TPSA) is 50.7 Å². The number of carbonyl (C=O) groups is 1. The zero-order valence-corrected chi connectivity index (χ0v) is 10.0. The highest BCUT2D eigenvalue weighted by Crippen LogP contribution is 2.26. The molecule has 16 heavy (non-hydrogen) atoms. The molecule has 1 rings (SSSR count). The molecule has 88 valence electrons. The molecule has 0 fully saturated rings. The van der Waals surface area contributed by atoms with Crippen LogP contribution in [0.4, 0.5) is 4.79 Å². The number of ether oxygens (including phenoxy) is 1.